The first-order chi connectivity index (χ1) is 8.77. The normalized spacial score (nSPS) is 31.3. The third-order valence-corrected chi connectivity index (χ3v) is 4.62. The van der Waals surface area contributed by atoms with Crippen molar-refractivity contribution in [2.45, 2.75) is 38.6 Å². The van der Waals surface area contributed by atoms with Gasteiger partial charge in [-0.1, -0.05) is 43.2 Å². The summed E-state index contributed by atoms with van der Waals surface area (Å²) in [5.74, 6) is 1.99. The maximum atomic E-state index is 12.2. The number of nitrogens with one attached hydrogen (secondary N) is 1. The van der Waals surface area contributed by atoms with Crippen LogP contribution < -0.4 is 5.32 Å². The maximum Gasteiger partial charge on any atom is 0.224 e. The van der Waals surface area contributed by atoms with Crippen molar-refractivity contribution in [2.24, 2.45) is 17.8 Å². The molecule has 2 heteroatoms. The summed E-state index contributed by atoms with van der Waals surface area (Å²) >= 11 is 0. The summed E-state index contributed by atoms with van der Waals surface area (Å²) in [6, 6.07) is 10.3. The second-order valence-electron chi connectivity index (χ2n) is 5.78. The van der Waals surface area contributed by atoms with Crippen LogP contribution in [0.3, 0.4) is 0 Å². The fraction of sp³-hybridized carbons (Fsp3) is 0.562. The summed E-state index contributed by atoms with van der Waals surface area (Å²) in [7, 11) is 0. The topological polar surface area (TPSA) is 29.1 Å². The largest absolute Gasteiger partial charge is 0.349 e. The number of rotatable bonds is 3. The summed E-state index contributed by atoms with van der Waals surface area (Å²) in [6.45, 7) is 2.07. The Bertz CT molecular complexity index is 416. The van der Waals surface area contributed by atoms with Gasteiger partial charge < -0.3 is 5.32 Å². The first-order valence-electron chi connectivity index (χ1n) is 7.12. The van der Waals surface area contributed by atoms with Crippen LogP contribution in [0.25, 0.3) is 0 Å². The monoisotopic (exact) mass is 243 g/mol. The van der Waals surface area contributed by atoms with E-state index in [2.05, 4.69) is 24.4 Å². The highest BCUT2D eigenvalue weighted by Crippen LogP contribution is 2.55. The zero-order chi connectivity index (χ0) is 12.5. The SMILES string of the molecule is C[C@@H](NC(=O)C1[C@H]2CCCC[C@@H]12)c1ccccc1. The van der Waals surface area contributed by atoms with E-state index in [0.717, 1.165) is 0 Å². The molecule has 2 fully saturated rings. The van der Waals surface area contributed by atoms with Gasteiger partial charge in [0.25, 0.3) is 0 Å². The molecule has 0 radical (unpaired) electrons. The average Bonchev–Trinajstić information content (AvgIpc) is 3.14. The van der Waals surface area contributed by atoms with Gasteiger partial charge in [-0.3, -0.25) is 4.79 Å². The lowest BCUT2D eigenvalue weighted by atomic mass is 10.0. The summed E-state index contributed by atoms with van der Waals surface area (Å²) in [5.41, 5.74) is 1.19. The lowest BCUT2D eigenvalue weighted by Gasteiger charge is -2.14. The van der Waals surface area contributed by atoms with E-state index in [1.807, 2.05) is 18.2 Å². The zero-order valence-corrected chi connectivity index (χ0v) is 10.9. The fourth-order valence-corrected chi connectivity index (χ4v) is 3.52. The predicted molar refractivity (Wildman–Crippen MR) is 71.9 cm³/mol. The summed E-state index contributed by atoms with van der Waals surface area (Å²) in [5, 5.41) is 3.18. The third kappa shape index (κ3) is 2.16. The average molecular weight is 243 g/mol. The van der Waals surface area contributed by atoms with Gasteiger partial charge in [0.1, 0.15) is 0 Å². The van der Waals surface area contributed by atoms with Crippen molar-refractivity contribution in [3.05, 3.63) is 35.9 Å². The molecule has 0 spiro atoms. The van der Waals surface area contributed by atoms with Crippen LogP contribution in [0.1, 0.15) is 44.2 Å². The van der Waals surface area contributed by atoms with Crippen LogP contribution in [-0.4, -0.2) is 5.91 Å². The Morgan fingerprint density at radius 3 is 2.39 bits per heavy atom. The summed E-state index contributed by atoms with van der Waals surface area (Å²) < 4.78 is 0. The van der Waals surface area contributed by atoms with Crippen molar-refractivity contribution in [1.29, 1.82) is 0 Å². The van der Waals surface area contributed by atoms with Crippen LogP contribution in [0, 0.1) is 17.8 Å². The van der Waals surface area contributed by atoms with Gasteiger partial charge in [0, 0.05) is 5.92 Å². The van der Waals surface area contributed by atoms with Crippen LogP contribution in [0.2, 0.25) is 0 Å². The fourth-order valence-electron chi connectivity index (χ4n) is 3.52. The molecule has 0 heterocycles. The van der Waals surface area contributed by atoms with Crippen LogP contribution >= 0.6 is 0 Å². The van der Waals surface area contributed by atoms with Gasteiger partial charge in [-0.05, 0) is 37.2 Å². The molecular weight excluding hydrogens is 222 g/mol. The minimum Gasteiger partial charge on any atom is -0.349 e. The second-order valence-corrected chi connectivity index (χ2v) is 5.78. The molecule has 0 bridgehead atoms. The number of hydrogen-bond donors (Lipinski definition) is 1. The van der Waals surface area contributed by atoms with Gasteiger partial charge in [0.05, 0.1) is 6.04 Å². The molecule has 18 heavy (non-hydrogen) atoms. The van der Waals surface area contributed by atoms with E-state index >= 15 is 0 Å². The van der Waals surface area contributed by atoms with Crippen molar-refractivity contribution in [3.8, 4) is 0 Å². The molecule has 0 aliphatic heterocycles. The van der Waals surface area contributed by atoms with Gasteiger partial charge in [0.2, 0.25) is 5.91 Å². The first kappa shape index (κ1) is 11.8. The molecule has 1 amide bonds. The molecule has 4 atom stereocenters. The molecule has 1 unspecified atom stereocenters. The highest BCUT2D eigenvalue weighted by atomic mass is 16.2. The Morgan fingerprint density at radius 2 is 1.78 bits per heavy atom. The van der Waals surface area contributed by atoms with Gasteiger partial charge in [-0.15, -0.1) is 0 Å². The van der Waals surface area contributed by atoms with Crippen molar-refractivity contribution in [2.75, 3.05) is 0 Å². The molecule has 2 nitrogen and oxygen atoms in total. The Labute approximate surface area is 109 Å². The number of hydrogen-bond acceptors (Lipinski definition) is 1. The van der Waals surface area contributed by atoms with E-state index < -0.39 is 0 Å². The molecule has 0 saturated heterocycles. The molecule has 0 aromatic heterocycles. The van der Waals surface area contributed by atoms with Crippen molar-refractivity contribution >= 4 is 5.91 Å². The molecule has 1 N–H and O–H groups in total. The summed E-state index contributed by atoms with van der Waals surface area (Å²) in [6.07, 6.45) is 5.17. The van der Waals surface area contributed by atoms with Crippen LogP contribution in [0.4, 0.5) is 0 Å². The highest BCUT2D eigenvalue weighted by Gasteiger charge is 2.54. The van der Waals surface area contributed by atoms with E-state index in [9.17, 15) is 4.79 Å². The quantitative estimate of drug-likeness (QED) is 0.867. The molecule has 1 aromatic rings. The van der Waals surface area contributed by atoms with Gasteiger partial charge in [-0.25, -0.2) is 0 Å². The van der Waals surface area contributed by atoms with E-state index in [1.54, 1.807) is 0 Å². The Morgan fingerprint density at radius 1 is 1.17 bits per heavy atom. The molecule has 2 aliphatic carbocycles. The first-order valence-corrected chi connectivity index (χ1v) is 7.12. The number of amides is 1. The highest BCUT2D eigenvalue weighted by molar-refractivity contribution is 5.82. The minimum atomic E-state index is 0.126. The van der Waals surface area contributed by atoms with E-state index in [-0.39, 0.29) is 11.9 Å². The number of benzene rings is 1. The lowest BCUT2D eigenvalue weighted by molar-refractivity contribution is -0.123. The molecule has 96 valence electrons. The molecular formula is C16H21NO. The van der Waals surface area contributed by atoms with Crippen molar-refractivity contribution in [3.63, 3.8) is 0 Å². The van der Waals surface area contributed by atoms with Crippen molar-refractivity contribution < 1.29 is 4.79 Å². The Hall–Kier alpha value is -1.31. The van der Waals surface area contributed by atoms with Crippen molar-refractivity contribution in [1.82, 2.24) is 5.32 Å². The number of carbonyl (C=O) groups is 1. The van der Waals surface area contributed by atoms with Gasteiger partial charge in [0.15, 0.2) is 0 Å². The van der Waals surface area contributed by atoms with Crippen LogP contribution in [0.5, 0.6) is 0 Å². The Balaban J connectivity index is 1.59. The third-order valence-electron chi connectivity index (χ3n) is 4.62. The molecule has 2 saturated carbocycles. The second kappa shape index (κ2) is 4.75. The van der Waals surface area contributed by atoms with Crippen LogP contribution in [-0.2, 0) is 4.79 Å². The Kier molecular flexibility index (Phi) is 3.11. The zero-order valence-electron chi connectivity index (χ0n) is 10.9. The molecule has 1 aromatic carbocycles. The van der Waals surface area contributed by atoms with Gasteiger partial charge in [-0.2, -0.15) is 0 Å². The van der Waals surface area contributed by atoms with Crippen LogP contribution in [0.15, 0.2) is 30.3 Å². The van der Waals surface area contributed by atoms with E-state index in [4.69, 9.17) is 0 Å². The lowest BCUT2D eigenvalue weighted by Crippen LogP contribution is -2.28. The standard InChI is InChI=1S/C16H21NO/c1-11(12-7-3-2-4-8-12)17-16(18)15-13-9-5-6-10-14(13)15/h2-4,7-8,11,13-15H,5-6,9-10H2,1H3,(H,17,18)/t11-,13-,14+,15?/m1/s1. The van der Waals surface area contributed by atoms with Gasteiger partial charge >= 0.3 is 0 Å². The summed E-state index contributed by atoms with van der Waals surface area (Å²) in [4.78, 5) is 12.2. The number of fused-ring (bicyclic) bond motifs is 1. The van der Waals surface area contributed by atoms with E-state index in [1.165, 1.54) is 31.2 Å². The molecule has 2 aliphatic rings. The maximum absolute atomic E-state index is 12.2. The predicted octanol–water partition coefficient (Wildman–Crippen LogP) is 3.30. The number of carbonyl (C=O) groups excluding carboxylic acids is 1. The van der Waals surface area contributed by atoms with E-state index in [0.29, 0.717) is 17.8 Å². The minimum absolute atomic E-state index is 0.126. The molecule has 3 rings (SSSR count). The smallest absolute Gasteiger partial charge is 0.224 e.